The van der Waals surface area contributed by atoms with Gasteiger partial charge in [-0.15, -0.1) is 0 Å². The first-order valence-corrected chi connectivity index (χ1v) is 4.75. The van der Waals surface area contributed by atoms with Crippen molar-refractivity contribution in [3.63, 3.8) is 0 Å². The summed E-state index contributed by atoms with van der Waals surface area (Å²) in [6, 6.07) is 7.20. The van der Waals surface area contributed by atoms with E-state index in [1.165, 1.54) is 24.3 Å². The van der Waals surface area contributed by atoms with E-state index in [1.54, 1.807) is 6.07 Å². The average Bonchev–Trinajstić information content (AvgIpc) is 2.73. The van der Waals surface area contributed by atoms with Crippen LogP contribution in [0.2, 0.25) is 5.02 Å². The maximum absolute atomic E-state index is 13.4. The van der Waals surface area contributed by atoms with Crippen molar-refractivity contribution in [2.24, 2.45) is 0 Å². The molecule has 1 heterocycles. The molecule has 0 saturated carbocycles. The molecule has 0 amide bonds. The first kappa shape index (κ1) is 10.7. The molecule has 0 aliphatic carbocycles. The third kappa shape index (κ3) is 2.06. The van der Waals surface area contributed by atoms with Gasteiger partial charge in [-0.25, -0.2) is 4.39 Å². The van der Waals surface area contributed by atoms with E-state index >= 15 is 0 Å². The quantitative estimate of drug-likeness (QED) is 0.769. The van der Waals surface area contributed by atoms with Crippen LogP contribution >= 0.6 is 11.6 Å². The second kappa shape index (κ2) is 4.37. The van der Waals surface area contributed by atoms with Gasteiger partial charge in [0.25, 0.3) is 5.95 Å². The van der Waals surface area contributed by atoms with Crippen LogP contribution < -0.4 is 4.74 Å². The summed E-state index contributed by atoms with van der Waals surface area (Å²) in [7, 11) is 0. The molecule has 1 aromatic heterocycles. The molecule has 0 fully saturated rings. The Balaban J connectivity index is 2.26. The van der Waals surface area contributed by atoms with Crippen molar-refractivity contribution in [2.75, 3.05) is 0 Å². The van der Waals surface area contributed by atoms with E-state index in [9.17, 15) is 9.18 Å². The molecule has 0 unspecified atom stereocenters. The van der Waals surface area contributed by atoms with Gasteiger partial charge in [-0.1, -0.05) is 17.7 Å². The van der Waals surface area contributed by atoms with E-state index in [0.717, 1.165) is 0 Å². The standard InChI is InChI=1S/C11H6ClFO3/c12-8-2-1-3-9(11(8)13)16-10-5-4-7(6-14)15-10/h1-6H. The summed E-state index contributed by atoms with van der Waals surface area (Å²) in [6.45, 7) is 0. The normalized spacial score (nSPS) is 10.1. The number of carbonyl (C=O) groups is 1. The van der Waals surface area contributed by atoms with Crippen LogP contribution in [0.25, 0.3) is 0 Å². The minimum atomic E-state index is -0.673. The average molecular weight is 241 g/mol. The number of furan rings is 1. The van der Waals surface area contributed by atoms with Crippen molar-refractivity contribution >= 4 is 17.9 Å². The lowest BCUT2D eigenvalue weighted by molar-refractivity contribution is 0.109. The number of carbonyl (C=O) groups excluding carboxylic acids is 1. The molecule has 0 spiro atoms. The van der Waals surface area contributed by atoms with Crippen molar-refractivity contribution in [1.29, 1.82) is 0 Å². The van der Waals surface area contributed by atoms with Crippen molar-refractivity contribution in [2.45, 2.75) is 0 Å². The second-order valence-electron chi connectivity index (χ2n) is 2.93. The SMILES string of the molecule is O=Cc1ccc(Oc2cccc(Cl)c2F)o1. The molecule has 0 bridgehead atoms. The Kier molecular flexibility index (Phi) is 2.92. The topological polar surface area (TPSA) is 39.4 Å². The van der Waals surface area contributed by atoms with Crippen LogP contribution in [0.15, 0.2) is 34.7 Å². The van der Waals surface area contributed by atoms with Gasteiger partial charge in [0.05, 0.1) is 5.02 Å². The molecule has 0 aliphatic rings. The van der Waals surface area contributed by atoms with E-state index in [-0.39, 0.29) is 22.5 Å². The minimum Gasteiger partial charge on any atom is -0.423 e. The number of hydrogen-bond acceptors (Lipinski definition) is 3. The lowest BCUT2D eigenvalue weighted by Gasteiger charge is -2.03. The Morgan fingerprint density at radius 2 is 2.12 bits per heavy atom. The van der Waals surface area contributed by atoms with Crippen LogP contribution in [0.3, 0.4) is 0 Å². The van der Waals surface area contributed by atoms with E-state index in [4.69, 9.17) is 20.8 Å². The zero-order chi connectivity index (χ0) is 11.5. The summed E-state index contributed by atoms with van der Waals surface area (Å²) in [6.07, 6.45) is 0.529. The highest BCUT2D eigenvalue weighted by Crippen LogP contribution is 2.29. The van der Waals surface area contributed by atoms with Crippen molar-refractivity contribution in [3.8, 4) is 11.7 Å². The largest absolute Gasteiger partial charge is 0.423 e. The van der Waals surface area contributed by atoms with Gasteiger partial charge in [0.1, 0.15) is 0 Å². The predicted octanol–water partition coefficient (Wildman–Crippen LogP) is 3.68. The van der Waals surface area contributed by atoms with Gasteiger partial charge in [-0.3, -0.25) is 4.79 Å². The molecule has 5 heteroatoms. The first-order chi connectivity index (χ1) is 7.70. The molecule has 0 radical (unpaired) electrons. The molecule has 2 aromatic rings. The summed E-state index contributed by atoms with van der Waals surface area (Å²) in [5.41, 5.74) is 0. The Hall–Kier alpha value is -1.81. The van der Waals surface area contributed by atoms with Gasteiger partial charge in [-0.2, -0.15) is 0 Å². The van der Waals surface area contributed by atoms with Gasteiger partial charge in [-0.05, 0) is 18.2 Å². The highest BCUT2D eigenvalue weighted by atomic mass is 35.5. The zero-order valence-corrected chi connectivity index (χ0v) is 8.70. The molecular weight excluding hydrogens is 235 g/mol. The van der Waals surface area contributed by atoms with E-state index < -0.39 is 5.82 Å². The fourth-order valence-electron chi connectivity index (χ4n) is 1.12. The maximum Gasteiger partial charge on any atom is 0.290 e. The Bertz CT molecular complexity index is 522. The number of benzene rings is 1. The Morgan fingerprint density at radius 1 is 1.31 bits per heavy atom. The molecule has 0 N–H and O–H groups in total. The smallest absolute Gasteiger partial charge is 0.290 e. The third-order valence-corrected chi connectivity index (χ3v) is 2.14. The van der Waals surface area contributed by atoms with Crippen molar-refractivity contribution in [1.82, 2.24) is 0 Å². The minimum absolute atomic E-state index is 0.0308. The maximum atomic E-state index is 13.4. The summed E-state index contributed by atoms with van der Waals surface area (Å²) in [5.74, 6) is -0.590. The molecule has 16 heavy (non-hydrogen) atoms. The molecule has 0 atom stereocenters. The van der Waals surface area contributed by atoms with Crippen molar-refractivity contribution in [3.05, 3.63) is 46.9 Å². The molecule has 0 aliphatic heterocycles. The number of rotatable bonds is 3. The Labute approximate surface area is 95.4 Å². The summed E-state index contributed by atoms with van der Waals surface area (Å²) in [5, 5.41) is -0.0420. The lowest BCUT2D eigenvalue weighted by atomic mass is 10.3. The third-order valence-electron chi connectivity index (χ3n) is 1.84. The van der Waals surface area contributed by atoms with Gasteiger partial charge in [0.2, 0.25) is 0 Å². The van der Waals surface area contributed by atoms with Crippen LogP contribution in [0, 0.1) is 5.82 Å². The monoisotopic (exact) mass is 240 g/mol. The lowest BCUT2D eigenvalue weighted by Crippen LogP contribution is -1.87. The van der Waals surface area contributed by atoms with Crippen LogP contribution in [-0.2, 0) is 0 Å². The molecule has 82 valence electrons. The predicted molar refractivity (Wildman–Crippen MR) is 55.6 cm³/mol. The highest BCUT2D eigenvalue weighted by Gasteiger charge is 2.10. The van der Waals surface area contributed by atoms with Crippen LogP contribution in [0.4, 0.5) is 4.39 Å². The molecular formula is C11H6ClFO3. The van der Waals surface area contributed by atoms with Gasteiger partial charge < -0.3 is 9.15 Å². The van der Waals surface area contributed by atoms with Crippen molar-refractivity contribution < 1.29 is 18.3 Å². The Morgan fingerprint density at radius 3 is 2.81 bits per heavy atom. The molecule has 0 saturated heterocycles. The van der Waals surface area contributed by atoms with Gasteiger partial charge in [0, 0.05) is 6.07 Å². The van der Waals surface area contributed by atoms with Crippen LogP contribution in [0.1, 0.15) is 10.6 Å². The van der Waals surface area contributed by atoms with E-state index in [1.807, 2.05) is 0 Å². The van der Waals surface area contributed by atoms with Crippen LogP contribution in [0.5, 0.6) is 11.7 Å². The summed E-state index contributed by atoms with van der Waals surface area (Å²) in [4.78, 5) is 10.3. The highest BCUT2D eigenvalue weighted by molar-refractivity contribution is 6.30. The molecule has 1 aromatic carbocycles. The molecule has 2 rings (SSSR count). The zero-order valence-electron chi connectivity index (χ0n) is 7.94. The second-order valence-corrected chi connectivity index (χ2v) is 3.34. The number of halogens is 2. The number of ether oxygens (including phenoxy) is 1. The number of aldehydes is 1. The molecule has 3 nitrogen and oxygen atoms in total. The number of hydrogen-bond donors (Lipinski definition) is 0. The van der Waals surface area contributed by atoms with E-state index in [0.29, 0.717) is 6.29 Å². The summed E-state index contributed by atoms with van der Waals surface area (Å²) < 4.78 is 23.4. The first-order valence-electron chi connectivity index (χ1n) is 4.37. The van der Waals surface area contributed by atoms with Crippen LogP contribution in [-0.4, -0.2) is 6.29 Å². The fourth-order valence-corrected chi connectivity index (χ4v) is 1.29. The fraction of sp³-hybridized carbons (Fsp3) is 0. The van der Waals surface area contributed by atoms with E-state index in [2.05, 4.69) is 0 Å². The summed E-state index contributed by atoms with van der Waals surface area (Å²) >= 11 is 5.57. The van der Waals surface area contributed by atoms with Gasteiger partial charge in [0.15, 0.2) is 23.6 Å². The van der Waals surface area contributed by atoms with Gasteiger partial charge >= 0.3 is 0 Å².